The Labute approximate surface area is 208 Å². The van der Waals surface area contributed by atoms with Crippen molar-refractivity contribution < 1.29 is 9.47 Å². The Bertz CT molecular complexity index is 650. The molecule has 0 saturated heterocycles. The normalized spacial score (nSPS) is 11.3. The fourth-order valence-corrected chi connectivity index (χ4v) is 5.16. The highest BCUT2D eigenvalue weighted by molar-refractivity contribution is 7.09. The summed E-state index contributed by atoms with van der Waals surface area (Å²) in [6, 6.07) is 4.34. The summed E-state index contributed by atoms with van der Waals surface area (Å²) in [5, 5.41) is 6.92. The van der Waals surface area contributed by atoms with Gasteiger partial charge in [-0.1, -0.05) is 117 Å². The Kier molecular flexibility index (Phi) is 16.2. The summed E-state index contributed by atoms with van der Waals surface area (Å²) >= 11 is 1.75. The summed E-state index contributed by atoms with van der Waals surface area (Å²) < 4.78 is 12.4. The SMILES string of the molecule is CCCCCCCCCCCOc1cc2cscc2cc1OCCCCCCCCCCC. The first kappa shape index (κ1) is 28.0. The third-order valence-corrected chi connectivity index (χ3v) is 7.33. The first-order valence-electron chi connectivity index (χ1n) is 14.1. The molecule has 0 unspecified atom stereocenters. The van der Waals surface area contributed by atoms with Crippen molar-refractivity contribution in [2.75, 3.05) is 13.2 Å². The van der Waals surface area contributed by atoms with Crippen LogP contribution in [0.15, 0.2) is 22.9 Å². The van der Waals surface area contributed by atoms with E-state index in [2.05, 4.69) is 36.7 Å². The van der Waals surface area contributed by atoms with E-state index in [0.717, 1.165) is 37.6 Å². The number of hydrogen-bond donors (Lipinski definition) is 0. The van der Waals surface area contributed by atoms with Crippen LogP contribution in [0.3, 0.4) is 0 Å². The molecule has 0 atom stereocenters. The largest absolute Gasteiger partial charge is 0.490 e. The number of thiophene rings is 1. The molecule has 2 rings (SSSR count). The molecule has 0 spiro atoms. The average molecular weight is 475 g/mol. The Balaban J connectivity index is 1.62. The molecule has 188 valence electrons. The van der Waals surface area contributed by atoms with Crippen LogP contribution in [-0.4, -0.2) is 13.2 Å². The lowest BCUT2D eigenvalue weighted by Crippen LogP contribution is -2.03. The van der Waals surface area contributed by atoms with Crippen LogP contribution < -0.4 is 9.47 Å². The topological polar surface area (TPSA) is 18.5 Å². The second-order valence-corrected chi connectivity index (χ2v) is 10.4. The van der Waals surface area contributed by atoms with Crippen molar-refractivity contribution in [1.29, 1.82) is 0 Å². The molecule has 0 amide bonds. The third kappa shape index (κ3) is 12.7. The lowest BCUT2D eigenvalue weighted by Gasteiger charge is -2.13. The molecule has 0 fully saturated rings. The molecule has 0 radical (unpaired) electrons. The van der Waals surface area contributed by atoms with E-state index in [0.29, 0.717) is 0 Å². The number of rotatable bonds is 22. The molecular weight excluding hydrogens is 424 g/mol. The minimum Gasteiger partial charge on any atom is -0.490 e. The van der Waals surface area contributed by atoms with Crippen LogP contribution in [0.4, 0.5) is 0 Å². The second kappa shape index (κ2) is 19.1. The van der Waals surface area contributed by atoms with Gasteiger partial charge in [0.1, 0.15) is 0 Å². The standard InChI is InChI=1S/C30H50O2S/c1-3-5-7-9-11-13-15-17-19-21-31-29-23-27-25-33-26-28(27)24-30(29)32-22-20-18-16-14-12-10-8-6-4-2/h23-26H,3-22H2,1-2H3. The van der Waals surface area contributed by atoms with E-state index in [9.17, 15) is 0 Å². The summed E-state index contributed by atoms with van der Waals surface area (Å²) in [4.78, 5) is 0. The zero-order chi connectivity index (χ0) is 23.4. The van der Waals surface area contributed by atoms with E-state index >= 15 is 0 Å². The van der Waals surface area contributed by atoms with E-state index < -0.39 is 0 Å². The number of fused-ring (bicyclic) bond motifs is 1. The molecule has 1 aromatic heterocycles. The molecule has 3 heteroatoms. The maximum atomic E-state index is 6.20. The summed E-state index contributed by atoms with van der Waals surface area (Å²) in [5.41, 5.74) is 0. The minimum atomic E-state index is 0.792. The van der Waals surface area contributed by atoms with Gasteiger partial charge >= 0.3 is 0 Å². The van der Waals surface area contributed by atoms with Crippen LogP contribution in [-0.2, 0) is 0 Å². The molecule has 0 aliphatic heterocycles. The Morgan fingerprint density at radius 3 is 1.18 bits per heavy atom. The van der Waals surface area contributed by atoms with Gasteiger partial charge in [-0.2, -0.15) is 11.3 Å². The van der Waals surface area contributed by atoms with Gasteiger partial charge in [0.2, 0.25) is 0 Å². The molecule has 33 heavy (non-hydrogen) atoms. The maximum Gasteiger partial charge on any atom is 0.161 e. The van der Waals surface area contributed by atoms with Crippen LogP contribution >= 0.6 is 11.3 Å². The fraction of sp³-hybridized carbons (Fsp3) is 0.733. The molecule has 0 aliphatic carbocycles. The van der Waals surface area contributed by atoms with Gasteiger partial charge in [0, 0.05) is 0 Å². The predicted octanol–water partition coefficient (Wildman–Crippen LogP) is 10.7. The molecule has 2 nitrogen and oxygen atoms in total. The van der Waals surface area contributed by atoms with Crippen LogP contribution in [0.2, 0.25) is 0 Å². The number of benzene rings is 1. The van der Waals surface area contributed by atoms with Crippen molar-refractivity contribution >= 4 is 22.1 Å². The molecule has 0 saturated carbocycles. The smallest absolute Gasteiger partial charge is 0.161 e. The zero-order valence-electron chi connectivity index (χ0n) is 21.7. The van der Waals surface area contributed by atoms with Gasteiger partial charge in [0.15, 0.2) is 11.5 Å². The Hall–Kier alpha value is -1.22. The van der Waals surface area contributed by atoms with Crippen LogP contribution in [0.25, 0.3) is 10.8 Å². The fourth-order valence-electron chi connectivity index (χ4n) is 4.39. The number of unbranched alkanes of at least 4 members (excludes halogenated alkanes) is 16. The Morgan fingerprint density at radius 1 is 0.485 bits per heavy atom. The number of ether oxygens (including phenoxy) is 2. The van der Waals surface area contributed by atoms with Gasteiger partial charge in [-0.15, -0.1) is 0 Å². The quantitative estimate of drug-likeness (QED) is 0.158. The number of hydrogen-bond acceptors (Lipinski definition) is 3. The molecule has 0 N–H and O–H groups in total. The van der Waals surface area contributed by atoms with Gasteiger partial charge in [-0.3, -0.25) is 0 Å². The highest BCUT2D eigenvalue weighted by Gasteiger charge is 2.09. The van der Waals surface area contributed by atoms with E-state index in [4.69, 9.17) is 9.47 Å². The summed E-state index contributed by atoms with van der Waals surface area (Å²) in [5.74, 6) is 1.85. The first-order chi connectivity index (χ1) is 16.3. The van der Waals surface area contributed by atoms with Gasteiger partial charge in [0.05, 0.1) is 13.2 Å². The van der Waals surface area contributed by atoms with E-state index in [-0.39, 0.29) is 0 Å². The van der Waals surface area contributed by atoms with Crippen LogP contribution in [0, 0.1) is 0 Å². The van der Waals surface area contributed by atoms with Crippen molar-refractivity contribution in [3.63, 3.8) is 0 Å². The van der Waals surface area contributed by atoms with Crippen LogP contribution in [0.1, 0.15) is 129 Å². The predicted molar refractivity (Wildman–Crippen MR) is 147 cm³/mol. The van der Waals surface area contributed by atoms with Gasteiger partial charge in [0.25, 0.3) is 0 Å². The van der Waals surface area contributed by atoms with E-state index in [1.165, 1.54) is 114 Å². The zero-order valence-corrected chi connectivity index (χ0v) is 22.5. The molecule has 1 heterocycles. The van der Waals surface area contributed by atoms with Crippen LogP contribution in [0.5, 0.6) is 11.5 Å². The van der Waals surface area contributed by atoms with Crippen molar-refractivity contribution in [3.8, 4) is 11.5 Å². The highest BCUT2D eigenvalue weighted by atomic mass is 32.1. The van der Waals surface area contributed by atoms with Gasteiger partial charge in [-0.25, -0.2) is 0 Å². The highest BCUT2D eigenvalue weighted by Crippen LogP contribution is 2.34. The molecule has 1 aromatic carbocycles. The third-order valence-electron chi connectivity index (χ3n) is 6.55. The lowest BCUT2D eigenvalue weighted by atomic mass is 10.1. The van der Waals surface area contributed by atoms with Crippen molar-refractivity contribution in [2.45, 2.75) is 129 Å². The second-order valence-electron chi connectivity index (χ2n) is 9.65. The van der Waals surface area contributed by atoms with Crippen molar-refractivity contribution in [2.24, 2.45) is 0 Å². The molecule has 0 aliphatic rings. The average Bonchev–Trinajstić information content (AvgIpc) is 3.28. The minimum absolute atomic E-state index is 0.792. The molecule has 0 bridgehead atoms. The maximum absolute atomic E-state index is 6.20. The summed E-state index contributed by atoms with van der Waals surface area (Å²) in [6.45, 7) is 6.15. The van der Waals surface area contributed by atoms with E-state index in [1.807, 2.05) is 0 Å². The van der Waals surface area contributed by atoms with E-state index in [1.54, 1.807) is 11.3 Å². The van der Waals surface area contributed by atoms with Gasteiger partial charge in [-0.05, 0) is 46.5 Å². The van der Waals surface area contributed by atoms with Gasteiger partial charge < -0.3 is 9.47 Å². The van der Waals surface area contributed by atoms with Crippen molar-refractivity contribution in [1.82, 2.24) is 0 Å². The monoisotopic (exact) mass is 474 g/mol. The molecule has 2 aromatic rings. The van der Waals surface area contributed by atoms with Crippen molar-refractivity contribution in [3.05, 3.63) is 22.9 Å². The first-order valence-corrected chi connectivity index (χ1v) is 15.0. The summed E-state index contributed by atoms with van der Waals surface area (Å²) in [6.07, 6.45) is 24.1. The molecular formula is C30H50O2S. The summed E-state index contributed by atoms with van der Waals surface area (Å²) in [7, 11) is 0. The Morgan fingerprint density at radius 2 is 0.818 bits per heavy atom. The lowest BCUT2D eigenvalue weighted by molar-refractivity contribution is 0.259.